The van der Waals surface area contributed by atoms with Crippen molar-refractivity contribution in [1.82, 2.24) is 15.3 Å². The summed E-state index contributed by atoms with van der Waals surface area (Å²) in [5, 5.41) is 18.0. The minimum absolute atomic E-state index is 0.275. The number of anilines is 3. The molecule has 1 aliphatic heterocycles. The van der Waals surface area contributed by atoms with E-state index in [-0.39, 0.29) is 5.02 Å². The number of amides is 2. The molecule has 4 aromatic rings. The summed E-state index contributed by atoms with van der Waals surface area (Å²) < 4.78 is 6.00. The maximum Gasteiger partial charge on any atom is 0.323 e. The number of hydrogen-bond donors (Lipinski definition) is 3. The third-order valence-electron chi connectivity index (χ3n) is 5.64. The molecule has 0 aliphatic carbocycles. The summed E-state index contributed by atoms with van der Waals surface area (Å²) in [4.78, 5) is 23.8. The van der Waals surface area contributed by atoms with Crippen molar-refractivity contribution >= 4 is 45.9 Å². The third kappa shape index (κ3) is 5.46. The third-order valence-corrected chi connectivity index (χ3v) is 5.95. The fourth-order valence-corrected chi connectivity index (χ4v) is 4.03. The highest BCUT2D eigenvalue weighted by Gasteiger charge is 2.13. The van der Waals surface area contributed by atoms with E-state index in [2.05, 4.69) is 25.8 Å². The van der Waals surface area contributed by atoms with Gasteiger partial charge in [-0.25, -0.2) is 9.78 Å². The molecular formula is C26H22ClN7O2. The molecule has 36 heavy (non-hydrogen) atoms. The Kier molecular flexibility index (Phi) is 6.80. The minimum Gasteiger partial charge on any atom is -0.457 e. The molecule has 2 heterocycles. The maximum atomic E-state index is 12.3. The molecule has 0 saturated carbocycles. The predicted octanol–water partition coefficient (Wildman–Crippen LogP) is 5.00. The number of nitrogens with zero attached hydrogens (tertiary/aromatic N) is 4. The number of halogens is 1. The van der Waals surface area contributed by atoms with Crippen molar-refractivity contribution in [3.8, 4) is 17.6 Å². The lowest BCUT2D eigenvalue weighted by atomic mass is 10.2. The van der Waals surface area contributed by atoms with Gasteiger partial charge in [0.25, 0.3) is 0 Å². The molecule has 1 aromatic heterocycles. The number of ether oxygens (including phenoxy) is 1. The molecule has 1 fully saturated rings. The van der Waals surface area contributed by atoms with Crippen LogP contribution < -0.4 is 25.6 Å². The number of carbonyl (C=O) groups is 1. The van der Waals surface area contributed by atoms with E-state index >= 15 is 0 Å². The zero-order valence-corrected chi connectivity index (χ0v) is 19.9. The van der Waals surface area contributed by atoms with Crippen molar-refractivity contribution in [2.24, 2.45) is 0 Å². The SMILES string of the molecule is N#Cc1ccc(NC(=O)Nc2ccc(Oc3ccc4ncc(N5CCNCC5)nc4c3)cc2)cc1Cl. The number of urea groups is 1. The zero-order chi connectivity index (χ0) is 24.9. The van der Waals surface area contributed by atoms with Crippen LogP contribution in [0.15, 0.2) is 66.9 Å². The number of nitriles is 1. The van der Waals surface area contributed by atoms with Crippen molar-refractivity contribution in [2.45, 2.75) is 0 Å². The smallest absolute Gasteiger partial charge is 0.323 e. The standard InChI is InChI=1S/C26H22ClN7O2/c27-22-13-19(2-1-17(22)15-28)32-26(35)31-18-3-5-20(6-4-18)36-21-7-8-23-24(14-21)33-25(16-30-23)34-11-9-29-10-12-34/h1-8,13-14,16,29H,9-12H2,(H2,31,32,35). The van der Waals surface area contributed by atoms with E-state index in [9.17, 15) is 4.79 Å². The van der Waals surface area contributed by atoms with E-state index in [1.54, 1.807) is 36.4 Å². The van der Waals surface area contributed by atoms with Crippen molar-refractivity contribution in [3.63, 3.8) is 0 Å². The highest BCUT2D eigenvalue weighted by atomic mass is 35.5. The number of piperazine rings is 1. The summed E-state index contributed by atoms with van der Waals surface area (Å²) in [5.41, 5.74) is 2.98. The number of fused-ring (bicyclic) bond motifs is 1. The summed E-state index contributed by atoms with van der Waals surface area (Å²) in [6, 6.07) is 18.9. The molecule has 0 bridgehead atoms. The molecule has 3 aromatic carbocycles. The van der Waals surface area contributed by atoms with Gasteiger partial charge in [-0.1, -0.05) is 11.6 Å². The summed E-state index contributed by atoms with van der Waals surface area (Å²) in [6.07, 6.45) is 1.81. The van der Waals surface area contributed by atoms with Crippen LogP contribution in [-0.2, 0) is 0 Å². The van der Waals surface area contributed by atoms with Crippen molar-refractivity contribution in [3.05, 3.63) is 77.4 Å². The number of carbonyl (C=O) groups excluding carboxylic acids is 1. The first kappa shape index (κ1) is 23.4. The van der Waals surface area contributed by atoms with Crippen LogP contribution in [0.1, 0.15) is 5.56 Å². The van der Waals surface area contributed by atoms with Crippen LogP contribution in [0, 0.1) is 11.3 Å². The van der Waals surface area contributed by atoms with Gasteiger partial charge in [0.15, 0.2) is 0 Å². The van der Waals surface area contributed by atoms with Crippen LogP contribution >= 0.6 is 11.6 Å². The Morgan fingerprint density at radius 3 is 2.44 bits per heavy atom. The Morgan fingerprint density at radius 1 is 0.972 bits per heavy atom. The Morgan fingerprint density at radius 2 is 1.69 bits per heavy atom. The monoisotopic (exact) mass is 499 g/mol. The van der Waals surface area contributed by atoms with E-state index in [4.69, 9.17) is 26.6 Å². The number of nitrogens with one attached hydrogen (secondary N) is 3. The molecule has 5 rings (SSSR count). The lowest BCUT2D eigenvalue weighted by Gasteiger charge is -2.28. The quantitative estimate of drug-likeness (QED) is 0.354. The normalized spacial score (nSPS) is 13.2. The first-order valence-corrected chi connectivity index (χ1v) is 11.7. The summed E-state index contributed by atoms with van der Waals surface area (Å²) in [6.45, 7) is 3.66. The maximum absolute atomic E-state index is 12.3. The van der Waals surface area contributed by atoms with Gasteiger partial charge in [0, 0.05) is 43.6 Å². The lowest BCUT2D eigenvalue weighted by molar-refractivity contribution is 0.262. The van der Waals surface area contributed by atoms with E-state index in [1.807, 2.05) is 30.5 Å². The van der Waals surface area contributed by atoms with Gasteiger partial charge >= 0.3 is 6.03 Å². The second kappa shape index (κ2) is 10.5. The van der Waals surface area contributed by atoms with Gasteiger partial charge in [-0.05, 0) is 54.6 Å². The molecule has 1 aliphatic rings. The number of benzene rings is 3. The highest BCUT2D eigenvalue weighted by molar-refractivity contribution is 6.32. The molecule has 0 radical (unpaired) electrons. The number of aromatic nitrogens is 2. The van der Waals surface area contributed by atoms with Crippen molar-refractivity contribution < 1.29 is 9.53 Å². The van der Waals surface area contributed by atoms with E-state index < -0.39 is 6.03 Å². The van der Waals surface area contributed by atoms with Gasteiger partial charge < -0.3 is 25.6 Å². The minimum atomic E-state index is -0.433. The van der Waals surface area contributed by atoms with Gasteiger partial charge in [0.2, 0.25) is 0 Å². The molecule has 0 spiro atoms. The van der Waals surface area contributed by atoms with Gasteiger partial charge in [0.1, 0.15) is 23.4 Å². The van der Waals surface area contributed by atoms with Gasteiger partial charge in [-0.3, -0.25) is 4.98 Å². The molecule has 9 nitrogen and oxygen atoms in total. The van der Waals surface area contributed by atoms with Crippen LogP contribution in [0.5, 0.6) is 11.5 Å². The summed E-state index contributed by atoms with van der Waals surface area (Å²) in [7, 11) is 0. The molecule has 10 heteroatoms. The Hall–Kier alpha value is -4.39. The fraction of sp³-hybridized carbons (Fsp3) is 0.154. The first-order valence-electron chi connectivity index (χ1n) is 11.4. The topological polar surface area (TPSA) is 115 Å². The zero-order valence-electron chi connectivity index (χ0n) is 19.2. The molecular weight excluding hydrogens is 478 g/mol. The first-order chi connectivity index (χ1) is 17.6. The molecule has 1 saturated heterocycles. The molecule has 0 atom stereocenters. The summed E-state index contributed by atoms with van der Waals surface area (Å²) in [5.74, 6) is 2.12. The second-order valence-corrected chi connectivity index (χ2v) is 8.53. The lowest BCUT2D eigenvalue weighted by Crippen LogP contribution is -2.43. The fourth-order valence-electron chi connectivity index (χ4n) is 3.81. The average Bonchev–Trinajstić information content (AvgIpc) is 2.90. The highest BCUT2D eigenvalue weighted by Crippen LogP contribution is 2.27. The van der Waals surface area contributed by atoms with E-state index in [0.717, 1.165) is 43.0 Å². The molecule has 0 unspecified atom stereocenters. The van der Waals surface area contributed by atoms with Gasteiger partial charge in [-0.15, -0.1) is 0 Å². The van der Waals surface area contributed by atoms with E-state index in [1.165, 1.54) is 6.07 Å². The molecule has 180 valence electrons. The van der Waals surface area contributed by atoms with Crippen LogP contribution in [0.3, 0.4) is 0 Å². The number of rotatable bonds is 5. The summed E-state index contributed by atoms with van der Waals surface area (Å²) >= 11 is 6.01. The van der Waals surface area contributed by atoms with Crippen molar-refractivity contribution in [2.75, 3.05) is 41.7 Å². The molecule has 2 amide bonds. The largest absolute Gasteiger partial charge is 0.457 e. The molecule has 3 N–H and O–H groups in total. The van der Waals surface area contributed by atoms with Crippen LogP contribution in [0.2, 0.25) is 5.02 Å². The average molecular weight is 500 g/mol. The Labute approximate surface area is 212 Å². The van der Waals surface area contributed by atoms with Crippen LogP contribution in [-0.4, -0.2) is 42.2 Å². The predicted molar refractivity (Wildman–Crippen MR) is 140 cm³/mol. The Balaban J connectivity index is 1.22. The Bertz CT molecular complexity index is 1450. The van der Waals surface area contributed by atoms with Gasteiger partial charge in [0.05, 0.1) is 27.8 Å². The van der Waals surface area contributed by atoms with Gasteiger partial charge in [-0.2, -0.15) is 5.26 Å². The van der Waals surface area contributed by atoms with Crippen LogP contribution in [0.4, 0.5) is 22.0 Å². The van der Waals surface area contributed by atoms with E-state index in [0.29, 0.717) is 28.4 Å². The van der Waals surface area contributed by atoms with Crippen molar-refractivity contribution in [1.29, 1.82) is 5.26 Å². The van der Waals surface area contributed by atoms with Crippen LogP contribution in [0.25, 0.3) is 11.0 Å². The number of hydrogen-bond acceptors (Lipinski definition) is 7. The second-order valence-electron chi connectivity index (χ2n) is 8.13.